The molecule has 0 heterocycles. The van der Waals surface area contributed by atoms with Crippen LogP contribution >= 0.6 is 0 Å². The lowest BCUT2D eigenvalue weighted by atomic mass is 10.0. The Kier molecular flexibility index (Phi) is 7.29. The first kappa shape index (κ1) is 15.7. The van der Waals surface area contributed by atoms with Crippen molar-refractivity contribution in [3.8, 4) is 0 Å². The van der Waals surface area contributed by atoms with E-state index in [0.29, 0.717) is 13.0 Å². The van der Waals surface area contributed by atoms with Gasteiger partial charge in [0.25, 0.3) is 0 Å². The average Bonchev–Trinajstić information content (AvgIpc) is 2.24. The monoisotopic (exact) mass is 246 g/mol. The summed E-state index contributed by atoms with van der Waals surface area (Å²) in [7, 11) is 1.54. The van der Waals surface area contributed by atoms with Crippen LogP contribution in [0.5, 0.6) is 0 Å². The fraction of sp³-hybridized carbons (Fsp3) is 0.818. The van der Waals surface area contributed by atoms with Gasteiger partial charge in [0.1, 0.15) is 6.04 Å². The van der Waals surface area contributed by atoms with Crippen LogP contribution in [-0.2, 0) is 9.53 Å². The van der Waals surface area contributed by atoms with Gasteiger partial charge in [-0.05, 0) is 19.3 Å². The highest BCUT2D eigenvalue weighted by Gasteiger charge is 2.20. The quantitative estimate of drug-likeness (QED) is 0.620. The van der Waals surface area contributed by atoms with E-state index in [2.05, 4.69) is 10.6 Å². The first-order valence-electron chi connectivity index (χ1n) is 5.66. The van der Waals surface area contributed by atoms with E-state index in [1.807, 2.05) is 20.8 Å². The number of nitrogens with one attached hydrogen (secondary N) is 2. The van der Waals surface area contributed by atoms with E-state index in [0.717, 1.165) is 0 Å². The van der Waals surface area contributed by atoms with E-state index < -0.39 is 18.0 Å². The molecule has 100 valence electrons. The van der Waals surface area contributed by atoms with E-state index in [4.69, 9.17) is 9.84 Å². The predicted molar refractivity (Wildman–Crippen MR) is 63.9 cm³/mol. The van der Waals surface area contributed by atoms with Crippen molar-refractivity contribution in [2.75, 3.05) is 13.7 Å². The molecule has 17 heavy (non-hydrogen) atoms. The first-order valence-corrected chi connectivity index (χ1v) is 5.66. The fourth-order valence-corrected chi connectivity index (χ4v) is 1.22. The number of carbonyl (C=O) groups is 2. The van der Waals surface area contributed by atoms with E-state index in [-0.39, 0.29) is 12.0 Å². The zero-order chi connectivity index (χ0) is 13.4. The number of aliphatic carboxylic acids is 1. The Balaban J connectivity index is 4.08. The molecule has 0 aliphatic heterocycles. The minimum atomic E-state index is -1.02. The standard InChI is InChI=1S/C11H22N2O4/c1-7(2)5-9(10(14)15)13-11(16)12-6-8(3)17-4/h7-9H,5-6H2,1-4H3,(H,14,15)(H2,12,13,16)/t8?,9-/m0/s1. The van der Waals surface area contributed by atoms with Crippen LogP contribution in [0.25, 0.3) is 0 Å². The second-order valence-electron chi connectivity index (χ2n) is 4.42. The van der Waals surface area contributed by atoms with E-state index in [9.17, 15) is 9.59 Å². The maximum absolute atomic E-state index is 11.4. The second kappa shape index (κ2) is 7.89. The molecule has 0 aromatic carbocycles. The topological polar surface area (TPSA) is 87.7 Å². The molecule has 6 heteroatoms. The van der Waals surface area contributed by atoms with Gasteiger partial charge in [-0.25, -0.2) is 9.59 Å². The molecule has 0 aliphatic rings. The Morgan fingerprint density at radius 3 is 2.29 bits per heavy atom. The van der Waals surface area contributed by atoms with Gasteiger partial charge in [0, 0.05) is 13.7 Å². The summed E-state index contributed by atoms with van der Waals surface area (Å²) in [6.45, 7) is 5.96. The van der Waals surface area contributed by atoms with Crippen LogP contribution in [-0.4, -0.2) is 42.9 Å². The van der Waals surface area contributed by atoms with E-state index in [1.54, 1.807) is 7.11 Å². The summed E-state index contributed by atoms with van der Waals surface area (Å²) in [5.41, 5.74) is 0. The molecule has 2 atom stereocenters. The minimum absolute atomic E-state index is 0.103. The van der Waals surface area contributed by atoms with Gasteiger partial charge in [-0.3, -0.25) is 0 Å². The normalized spacial score (nSPS) is 14.2. The van der Waals surface area contributed by atoms with Crippen molar-refractivity contribution in [2.24, 2.45) is 5.92 Å². The highest BCUT2D eigenvalue weighted by atomic mass is 16.5. The van der Waals surface area contributed by atoms with Crippen LogP contribution < -0.4 is 10.6 Å². The largest absolute Gasteiger partial charge is 0.480 e. The van der Waals surface area contributed by atoms with Gasteiger partial charge in [0.15, 0.2) is 0 Å². The number of ether oxygens (including phenoxy) is 1. The maximum Gasteiger partial charge on any atom is 0.326 e. The van der Waals surface area contributed by atoms with E-state index in [1.165, 1.54) is 0 Å². The Morgan fingerprint density at radius 1 is 1.29 bits per heavy atom. The van der Waals surface area contributed by atoms with Gasteiger partial charge in [-0.2, -0.15) is 0 Å². The molecule has 0 aliphatic carbocycles. The molecule has 0 spiro atoms. The van der Waals surface area contributed by atoms with Crippen LogP contribution in [0.15, 0.2) is 0 Å². The van der Waals surface area contributed by atoms with Crippen LogP contribution in [0.4, 0.5) is 4.79 Å². The third-order valence-electron chi connectivity index (χ3n) is 2.26. The van der Waals surface area contributed by atoms with Crippen LogP contribution in [0.3, 0.4) is 0 Å². The minimum Gasteiger partial charge on any atom is -0.480 e. The van der Waals surface area contributed by atoms with Gasteiger partial charge in [-0.1, -0.05) is 13.8 Å². The molecule has 0 rings (SSSR count). The van der Waals surface area contributed by atoms with Gasteiger partial charge < -0.3 is 20.5 Å². The summed E-state index contributed by atoms with van der Waals surface area (Å²) < 4.78 is 4.96. The first-order chi connectivity index (χ1) is 7.86. The fourth-order valence-electron chi connectivity index (χ4n) is 1.22. The number of hydrogen-bond donors (Lipinski definition) is 3. The van der Waals surface area contributed by atoms with Crippen LogP contribution in [0, 0.1) is 5.92 Å². The lowest BCUT2D eigenvalue weighted by molar-refractivity contribution is -0.139. The number of carboxylic acid groups (broad SMARTS) is 1. The van der Waals surface area contributed by atoms with E-state index >= 15 is 0 Å². The summed E-state index contributed by atoms with van der Waals surface area (Å²) in [6.07, 6.45) is 0.303. The van der Waals surface area contributed by atoms with Gasteiger partial charge >= 0.3 is 12.0 Å². The summed E-state index contributed by atoms with van der Waals surface area (Å²) in [5.74, 6) is -0.817. The molecule has 0 fully saturated rings. The zero-order valence-corrected chi connectivity index (χ0v) is 10.8. The number of urea groups is 1. The highest BCUT2D eigenvalue weighted by Crippen LogP contribution is 2.04. The van der Waals surface area contributed by atoms with Crippen molar-refractivity contribution in [1.82, 2.24) is 10.6 Å². The molecule has 6 nitrogen and oxygen atoms in total. The molecule has 0 radical (unpaired) electrons. The highest BCUT2D eigenvalue weighted by molar-refractivity contribution is 5.82. The van der Waals surface area contributed by atoms with Crippen LogP contribution in [0.2, 0.25) is 0 Å². The van der Waals surface area contributed by atoms with Crippen molar-refractivity contribution in [3.05, 3.63) is 0 Å². The Bertz CT molecular complexity index is 256. The lowest BCUT2D eigenvalue weighted by Crippen LogP contribution is -2.48. The number of hydrogen-bond acceptors (Lipinski definition) is 3. The average molecular weight is 246 g/mol. The number of carbonyl (C=O) groups excluding carboxylic acids is 1. The third-order valence-corrected chi connectivity index (χ3v) is 2.26. The number of amides is 2. The summed E-state index contributed by atoms with van der Waals surface area (Å²) in [4.78, 5) is 22.3. The predicted octanol–water partition coefficient (Wildman–Crippen LogP) is 0.820. The Hall–Kier alpha value is -1.30. The molecule has 0 saturated carbocycles. The Morgan fingerprint density at radius 2 is 1.88 bits per heavy atom. The molecular formula is C11H22N2O4. The second-order valence-corrected chi connectivity index (χ2v) is 4.42. The molecule has 0 aromatic rings. The molecule has 3 N–H and O–H groups in total. The van der Waals surface area contributed by atoms with Crippen molar-refractivity contribution in [1.29, 1.82) is 0 Å². The number of rotatable bonds is 7. The molecule has 1 unspecified atom stereocenters. The maximum atomic E-state index is 11.4. The SMILES string of the molecule is COC(C)CNC(=O)N[C@@H](CC(C)C)C(=O)O. The van der Waals surface area contributed by atoms with Gasteiger partial charge in [0.05, 0.1) is 6.10 Å². The lowest BCUT2D eigenvalue weighted by Gasteiger charge is -2.17. The van der Waals surface area contributed by atoms with Crippen molar-refractivity contribution in [3.63, 3.8) is 0 Å². The summed E-state index contributed by atoms with van der Waals surface area (Å²) in [6, 6.07) is -1.34. The number of carboxylic acids is 1. The van der Waals surface area contributed by atoms with Crippen LogP contribution in [0.1, 0.15) is 27.2 Å². The zero-order valence-electron chi connectivity index (χ0n) is 10.8. The van der Waals surface area contributed by atoms with Gasteiger partial charge in [-0.15, -0.1) is 0 Å². The third kappa shape index (κ3) is 7.57. The molecule has 0 aromatic heterocycles. The molecule has 2 amide bonds. The smallest absolute Gasteiger partial charge is 0.326 e. The number of methoxy groups -OCH3 is 1. The molecule has 0 bridgehead atoms. The van der Waals surface area contributed by atoms with Crippen molar-refractivity contribution in [2.45, 2.75) is 39.3 Å². The van der Waals surface area contributed by atoms with Gasteiger partial charge in [0.2, 0.25) is 0 Å². The van der Waals surface area contributed by atoms with Crippen molar-refractivity contribution >= 4 is 12.0 Å². The van der Waals surface area contributed by atoms with Crippen molar-refractivity contribution < 1.29 is 19.4 Å². The molecular weight excluding hydrogens is 224 g/mol. The summed E-state index contributed by atoms with van der Waals surface area (Å²) in [5, 5.41) is 13.9. The Labute approximate surface area is 102 Å². The summed E-state index contributed by atoms with van der Waals surface area (Å²) >= 11 is 0. The molecule has 0 saturated heterocycles.